The highest BCUT2D eigenvalue weighted by molar-refractivity contribution is 9.10. The van der Waals surface area contributed by atoms with Crippen molar-refractivity contribution in [1.29, 1.82) is 0 Å². The molecular weight excluding hydrogens is 342 g/mol. The van der Waals surface area contributed by atoms with Gasteiger partial charge in [0.25, 0.3) is 0 Å². The molecule has 5 nitrogen and oxygen atoms in total. The molecule has 0 bridgehead atoms. The predicted molar refractivity (Wildman–Crippen MR) is 81.4 cm³/mol. The van der Waals surface area contributed by atoms with E-state index in [1.54, 1.807) is 30.6 Å². The van der Waals surface area contributed by atoms with E-state index >= 15 is 0 Å². The molecule has 0 amide bonds. The molecule has 7 heteroatoms. The van der Waals surface area contributed by atoms with Gasteiger partial charge in [-0.15, -0.1) is 0 Å². The van der Waals surface area contributed by atoms with Gasteiger partial charge < -0.3 is 5.73 Å². The highest BCUT2D eigenvalue weighted by atomic mass is 79.9. The molecule has 0 saturated heterocycles. The van der Waals surface area contributed by atoms with Crippen LogP contribution in [0.4, 0.5) is 5.69 Å². The molecule has 0 atom stereocenters. The molecule has 2 aromatic rings. The largest absolute Gasteiger partial charge is 0.399 e. The number of hydrogen-bond acceptors (Lipinski definition) is 4. The van der Waals surface area contributed by atoms with Crippen LogP contribution in [0.5, 0.6) is 0 Å². The van der Waals surface area contributed by atoms with Crippen molar-refractivity contribution >= 4 is 31.6 Å². The van der Waals surface area contributed by atoms with Crippen LogP contribution >= 0.6 is 15.9 Å². The van der Waals surface area contributed by atoms with Gasteiger partial charge in [0.2, 0.25) is 10.0 Å². The van der Waals surface area contributed by atoms with Gasteiger partial charge in [0.1, 0.15) is 0 Å². The summed E-state index contributed by atoms with van der Waals surface area (Å²) in [7, 11) is -2.05. The molecule has 0 spiro atoms. The highest BCUT2D eigenvalue weighted by Gasteiger charge is 2.23. The molecule has 20 heavy (non-hydrogen) atoms. The fourth-order valence-electron chi connectivity index (χ4n) is 1.73. The Kier molecular flexibility index (Phi) is 4.42. The SMILES string of the molecule is CN(Cc1cccnc1)S(=O)(=O)c1ccc(N)cc1Br. The Morgan fingerprint density at radius 2 is 2.10 bits per heavy atom. The number of nitrogens with zero attached hydrogens (tertiary/aromatic N) is 2. The number of hydrogen-bond donors (Lipinski definition) is 1. The lowest BCUT2D eigenvalue weighted by Crippen LogP contribution is -2.26. The summed E-state index contributed by atoms with van der Waals surface area (Å²) in [5.74, 6) is 0. The summed E-state index contributed by atoms with van der Waals surface area (Å²) in [5, 5.41) is 0. The predicted octanol–water partition coefficient (Wildman–Crippen LogP) is 2.25. The van der Waals surface area contributed by atoms with Crippen LogP contribution in [0.1, 0.15) is 5.56 Å². The number of anilines is 1. The van der Waals surface area contributed by atoms with Crippen LogP contribution in [0.3, 0.4) is 0 Å². The van der Waals surface area contributed by atoms with Crippen molar-refractivity contribution in [3.63, 3.8) is 0 Å². The summed E-state index contributed by atoms with van der Waals surface area (Å²) in [4.78, 5) is 4.17. The lowest BCUT2D eigenvalue weighted by atomic mass is 10.3. The highest BCUT2D eigenvalue weighted by Crippen LogP contribution is 2.27. The summed E-state index contributed by atoms with van der Waals surface area (Å²) < 4.78 is 26.7. The van der Waals surface area contributed by atoms with E-state index in [0.29, 0.717) is 10.2 Å². The molecule has 0 aliphatic rings. The van der Waals surface area contributed by atoms with Gasteiger partial charge >= 0.3 is 0 Å². The van der Waals surface area contributed by atoms with Crippen molar-refractivity contribution in [1.82, 2.24) is 9.29 Å². The fourth-order valence-corrected chi connectivity index (χ4v) is 3.94. The first-order chi connectivity index (χ1) is 9.41. The number of nitrogens with two attached hydrogens (primary N) is 1. The van der Waals surface area contributed by atoms with Gasteiger partial charge in [0.05, 0.1) is 4.90 Å². The minimum Gasteiger partial charge on any atom is -0.399 e. The number of rotatable bonds is 4. The summed E-state index contributed by atoms with van der Waals surface area (Å²) in [6.45, 7) is 0.257. The summed E-state index contributed by atoms with van der Waals surface area (Å²) in [5.41, 5.74) is 6.95. The first-order valence-corrected chi connectivity index (χ1v) is 8.05. The van der Waals surface area contributed by atoms with E-state index in [0.717, 1.165) is 5.56 Å². The Morgan fingerprint density at radius 1 is 1.35 bits per heavy atom. The third-order valence-electron chi connectivity index (χ3n) is 2.77. The lowest BCUT2D eigenvalue weighted by Gasteiger charge is -2.18. The third-order valence-corrected chi connectivity index (χ3v) is 5.55. The Hall–Kier alpha value is -1.44. The number of sulfonamides is 1. The van der Waals surface area contributed by atoms with Crippen molar-refractivity contribution in [2.75, 3.05) is 12.8 Å². The van der Waals surface area contributed by atoms with Crippen molar-refractivity contribution in [2.24, 2.45) is 0 Å². The summed E-state index contributed by atoms with van der Waals surface area (Å²) >= 11 is 3.24. The topological polar surface area (TPSA) is 76.3 Å². The van der Waals surface area contributed by atoms with Gasteiger partial charge in [-0.3, -0.25) is 4.98 Å². The second-order valence-corrected chi connectivity index (χ2v) is 7.18. The molecule has 2 N–H and O–H groups in total. The quantitative estimate of drug-likeness (QED) is 0.853. The van der Waals surface area contributed by atoms with Gasteiger partial charge in [-0.1, -0.05) is 6.07 Å². The average Bonchev–Trinajstić information content (AvgIpc) is 2.39. The number of halogens is 1. The Balaban J connectivity index is 2.30. The van der Waals surface area contributed by atoms with Gasteiger partial charge in [0.15, 0.2) is 0 Å². The standard InChI is InChI=1S/C13H14BrN3O2S/c1-17(9-10-3-2-6-16-8-10)20(18,19)13-5-4-11(15)7-12(13)14/h2-8H,9,15H2,1H3. The Bertz CT molecular complexity index is 705. The molecular formula is C13H14BrN3O2S. The van der Waals surface area contributed by atoms with Crippen molar-refractivity contribution in [2.45, 2.75) is 11.4 Å². The average molecular weight is 356 g/mol. The monoisotopic (exact) mass is 355 g/mol. The molecule has 0 aliphatic carbocycles. The zero-order chi connectivity index (χ0) is 14.8. The van der Waals surface area contributed by atoms with Gasteiger partial charge in [-0.25, -0.2) is 8.42 Å². The van der Waals surface area contributed by atoms with Crippen molar-refractivity contribution < 1.29 is 8.42 Å². The number of aromatic nitrogens is 1. The van der Waals surface area contributed by atoms with Crippen LogP contribution < -0.4 is 5.73 Å². The first-order valence-electron chi connectivity index (χ1n) is 5.81. The van der Waals surface area contributed by atoms with Gasteiger partial charge in [-0.05, 0) is 45.8 Å². The molecule has 1 heterocycles. The van der Waals surface area contributed by atoms with Crippen molar-refractivity contribution in [3.05, 3.63) is 52.8 Å². The first kappa shape index (κ1) is 15.0. The normalized spacial score (nSPS) is 11.8. The molecule has 0 saturated carbocycles. The third kappa shape index (κ3) is 3.17. The zero-order valence-corrected chi connectivity index (χ0v) is 13.2. The Morgan fingerprint density at radius 3 is 2.70 bits per heavy atom. The molecule has 2 rings (SSSR count). The zero-order valence-electron chi connectivity index (χ0n) is 10.8. The lowest BCUT2D eigenvalue weighted by molar-refractivity contribution is 0.466. The van der Waals surface area contributed by atoms with Gasteiger partial charge in [0, 0.05) is 36.1 Å². The number of pyridine rings is 1. The maximum absolute atomic E-state index is 12.5. The second-order valence-electron chi connectivity index (χ2n) is 4.31. The van der Waals surface area contributed by atoms with E-state index in [1.165, 1.54) is 17.4 Å². The van der Waals surface area contributed by atoms with E-state index in [4.69, 9.17) is 5.73 Å². The summed E-state index contributed by atoms with van der Waals surface area (Å²) in [6, 6.07) is 8.24. The van der Waals surface area contributed by atoms with Crippen LogP contribution in [0.15, 0.2) is 52.1 Å². The van der Waals surface area contributed by atoms with E-state index in [-0.39, 0.29) is 11.4 Å². The molecule has 1 aromatic heterocycles. The van der Waals surface area contributed by atoms with Crippen molar-refractivity contribution in [3.8, 4) is 0 Å². The number of nitrogen functional groups attached to an aromatic ring is 1. The van der Waals surface area contributed by atoms with Crippen LogP contribution in [0, 0.1) is 0 Å². The van der Waals surface area contributed by atoms with E-state index < -0.39 is 10.0 Å². The molecule has 0 unspecified atom stereocenters. The Labute approximate surface area is 126 Å². The van der Waals surface area contributed by atoms with E-state index in [1.807, 2.05) is 6.07 Å². The maximum atomic E-state index is 12.5. The number of benzene rings is 1. The molecule has 0 fully saturated rings. The maximum Gasteiger partial charge on any atom is 0.244 e. The second kappa shape index (κ2) is 5.90. The fraction of sp³-hybridized carbons (Fsp3) is 0.154. The molecule has 0 aliphatic heterocycles. The van der Waals surface area contributed by atoms with E-state index in [2.05, 4.69) is 20.9 Å². The summed E-state index contributed by atoms with van der Waals surface area (Å²) in [6.07, 6.45) is 3.29. The van der Waals surface area contributed by atoms with E-state index in [9.17, 15) is 8.42 Å². The van der Waals surface area contributed by atoms with Crippen LogP contribution in [0.2, 0.25) is 0 Å². The minimum atomic E-state index is -3.58. The molecule has 1 aromatic carbocycles. The van der Waals surface area contributed by atoms with Crippen LogP contribution in [-0.4, -0.2) is 24.8 Å². The smallest absolute Gasteiger partial charge is 0.244 e. The van der Waals surface area contributed by atoms with Gasteiger partial charge in [-0.2, -0.15) is 4.31 Å². The molecule has 0 radical (unpaired) electrons. The van der Waals surface area contributed by atoms with Crippen LogP contribution in [-0.2, 0) is 16.6 Å². The molecule has 106 valence electrons. The minimum absolute atomic E-state index is 0.193. The van der Waals surface area contributed by atoms with Crippen LogP contribution in [0.25, 0.3) is 0 Å².